The third-order valence-electron chi connectivity index (χ3n) is 3.79. The number of imide groups is 1. The van der Waals surface area contributed by atoms with Crippen molar-refractivity contribution in [2.45, 2.75) is 64.6 Å². The van der Waals surface area contributed by atoms with Crippen molar-refractivity contribution < 1.29 is 14.3 Å². The normalized spacial score (nSPS) is 13.6. The lowest BCUT2D eigenvalue weighted by atomic mass is 10.0. The second-order valence-corrected chi connectivity index (χ2v) is 7.90. The van der Waals surface area contributed by atoms with Crippen LogP contribution in [0.5, 0.6) is 0 Å². The molecule has 0 aliphatic heterocycles. The van der Waals surface area contributed by atoms with E-state index in [0.717, 1.165) is 4.90 Å². The fraction of sp³-hybridized carbons (Fsp3) is 0.579. The Kier molecular flexibility index (Phi) is 8.45. The SMILES string of the molecule is Cc1ccccc1SCC(C)N(C(=O)OC(C)C)C(=O)[C@@H](N)C(C)C. The van der Waals surface area contributed by atoms with Gasteiger partial charge in [-0.2, -0.15) is 0 Å². The number of aryl methyl sites for hydroxylation is 1. The van der Waals surface area contributed by atoms with Crippen molar-refractivity contribution >= 4 is 23.8 Å². The minimum Gasteiger partial charge on any atom is -0.446 e. The highest BCUT2D eigenvalue weighted by molar-refractivity contribution is 7.99. The summed E-state index contributed by atoms with van der Waals surface area (Å²) in [7, 11) is 0. The van der Waals surface area contributed by atoms with Crippen LogP contribution in [-0.2, 0) is 9.53 Å². The van der Waals surface area contributed by atoms with Crippen molar-refractivity contribution in [2.75, 3.05) is 5.75 Å². The molecule has 0 aromatic heterocycles. The first kappa shape index (κ1) is 21.5. The summed E-state index contributed by atoms with van der Waals surface area (Å²) in [6.45, 7) is 11.1. The molecule has 1 aromatic rings. The Morgan fingerprint density at radius 1 is 1.16 bits per heavy atom. The second kappa shape index (κ2) is 9.82. The van der Waals surface area contributed by atoms with Gasteiger partial charge in [0.25, 0.3) is 0 Å². The van der Waals surface area contributed by atoms with Gasteiger partial charge in [0, 0.05) is 16.7 Å². The van der Waals surface area contributed by atoms with Crippen LogP contribution in [0, 0.1) is 12.8 Å². The summed E-state index contributed by atoms with van der Waals surface area (Å²) < 4.78 is 5.26. The third kappa shape index (κ3) is 6.36. The van der Waals surface area contributed by atoms with E-state index < -0.39 is 18.0 Å². The summed E-state index contributed by atoms with van der Waals surface area (Å²) >= 11 is 1.61. The van der Waals surface area contributed by atoms with Gasteiger partial charge < -0.3 is 10.5 Å². The van der Waals surface area contributed by atoms with Crippen LogP contribution in [0.3, 0.4) is 0 Å². The molecule has 0 spiro atoms. The van der Waals surface area contributed by atoms with Crippen LogP contribution < -0.4 is 5.73 Å². The van der Waals surface area contributed by atoms with E-state index in [9.17, 15) is 9.59 Å². The van der Waals surface area contributed by atoms with Gasteiger partial charge in [0.15, 0.2) is 0 Å². The molecule has 6 heteroatoms. The predicted molar refractivity (Wildman–Crippen MR) is 103 cm³/mol. The molecular weight excluding hydrogens is 336 g/mol. The van der Waals surface area contributed by atoms with E-state index in [0.29, 0.717) is 5.75 Å². The number of rotatable bonds is 7. The zero-order valence-corrected chi connectivity index (χ0v) is 16.8. The van der Waals surface area contributed by atoms with Gasteiger partial charge in [-0.25, -0.2) is 9.69 Å². The first-order chi connectivity index (χ1) is 11.6. The first-order valence-electron chi connectivity index (χ1n) is 8.62. The van der Waals surface area contributed by atoms with Gasteiger partial charge in [-0.3, -0.25) is 4.79 Å². The molecular formula is C19H30N2O3S. The number of benzene rings is 1. The zero-order chi connectivity index (χ0) is 19.1. The molecule has 0 saturated carbocycles. The van der Waals surface area contributed by atoms with Crippen molar-refractivity contribution in [3.8, 4) is 0 Å². The Morgan fingerprint density at radius 3 is 2.28 bits per heavy atom. The topological polar surface area (TPSA) is 72.6 Å². The number of carbonyl (C=O) groups is 2. The standard InChI is InChI=1S/C19H30N2O3S/c1-12(2)17(20)18(22)21(19(23)24-13(3)4)15(6)11-25-16-10-8-7-9-14(16)5/h7-10,12-13,15,17H,11,20H2,1-6H3/t15?,17-/m0/s1. The molecule has 0 heterocycles. The molecule has 0 aliphatic carbocycles. The second-order valence-electron chi connectivity index (χ2n) is 6.84. The Morgan fingerprint density at radius 2 is 1.76 bits per heavy atom. The fourth-order valence-electron chi connectivity index (χ4n) is 2.19. The van der Waals surface area contributed by atoms with Gasteiger partial charge in [0.05, 0.1) is 12.1 Å². The number of hydrogen-bond acceptors (Lipinski definition) is 5. The van der Waals surface area contributed by atoms with E-state index in [1.807, 2.05) is 52.0 Å². The summed E-state index contributed by atoms with van der Waals surface area (Å²) in [6.07, 6.45) is -0.928. The van der Waals surface area contributed by atoms with Gasteiger partial charge in [-0.15, -0.1) is 11.8 Å². The number of nitrogens with two attached hydrogens (primary N) is 1. The highest BCUT2D eigenvalue weighted by Crippen LogP contribution is 2.24. The maximum Gasteiger partial charge on any atom is 0.417 e. The molecule has 0 bridgehead atoms. The maximum absolute atomic E-state index is 12.7. The average Bonchev–Trinajstić information content (AvgIpc) is 2.52. The highest BCUT2D eigenvalue weighted by Gasteiger charge is 2.33. The van der Waals surface area contributed by atoms with E-state index in [-0.39, 0.29) is 18.1 Å². The summed E-state index contributed by atoms with van der Waals surface area (Å²) in [5.41, 5.74) is 7.16. The van der Waals surface area contributed by atoms with Gasteiger partial charge in [0.1, 0.15) is 0 Å². The van der Waals surface area contributed by atoms with Gasteiger partial charge in [0.2, 0.25) is 5.91 Å². The van der Waals surface area contributed by atoms with Crippen LogP contribution in [0.4, 0.5) is 4.79 Å². The number of ether oxygens (including phenoxy) is 1. The zero-order valence-electron chi connectivity index (χ0n) is 16.0. The van der Waals surface area contributed by atoms with Crippen LogP contribution in [0.1, 0.15) is 40.2 Å². The first-order valence-corrected chi connectivity index (χ1v) is 9.61. The van der Waals surface area contributed by atoms with Crippen LogP contribution in [0.25, 0.3) is 0 Å². The number of carbonyl (C=O) groups excluding carboxylic acids is 2. The van der Waals surface area contributed by atoms with Gasteiger partial charge in [-0.1, -0.05) is 32.0 Å². The molecule has 25 heavy (non-hydrogen) atoms. The molecule has 0 saturated heterocycles. The van der Waals surface area contributed by atoms with Crippen LogP contribution >= 0.6 is 11.8 Å². The Labute approximate surface area is 155 Å². The monoisotopic (exact) mass is 366 g/mol. The predicted octanol–water partition coefficient (Wildman–Crippen LogP) is 3.83. The van der Waals surface area contributed by atoms with E-state index in [1.54, 1.807) is 25.6 Å². The summed E-state index contributed by atoms with van der Waals surface area (Å²) in [4.78, 5) is 27.5. The van der Waals surface area contributed by atoms with Crippen LogP contribution in [0.15, 0.2) is 29.2 Å². The van der Waals surface area contributed by atoms with Gasteiger partial charge >= 0.3 is 6.09 Å². The summed E-state index contributed by atoms with van der Waals surface area (Å²) in [5.74, 6) is 0.130. The van der Waals surface area contributed by atoms with Crippen LogP contribution in [-0.4, -0.2) is 40.8 Å². The molecule has 0 fully saturated rings. The van der Waals surface area contributed by atoms with Crippen molar-refractivity contribution in [2.24, 2.45) is 11.7 Å². The fourth-order valence-corrected chi connectivity index (χ4v) is 3.23. The molecule has 1 unspecified atom stereocenters. The van der Waals surface area contributed by atoms with E-state index in [1.165, 1.54) is 10.5 Å². The maximum atomic E-state index is 12.7. The van der Waals surface area contributed by atoms with E-state index >= 15 is 0 Å². The molecule has 1 rings (SSSR count). The largest absolute Gasteiger partial charge is 0.446 e. The number of thioether (sulfide) groups is 1. The minimum atomic E-state index is -0.731. The van der Waals surface area contributed by atoms with Gasteiger partial charge in [-0.05, 0) is 45.2 Å². The molecule has 1 aromatic carbocycles. The van der Waals surface area contributed by atoms with E-state index in [4.69, 9.17) is 10.5 Å². The number of nitrogens with zero attached hydrogens (tertiary/aromatic N) is 1. The number of amides is 2. The van der Waals surface area contributed by atoms with Crippen molar-refractivity contribution in [3.63, 3.8) is 0 Å². The Balaban J connectivity index is 2.91. The molecule has 2 amide bonds. The summed E-state index contributed by atoms with van der Waals surface area (Å²) in [5, 5.41) is 0. The molecule has 5 nitrogen and oxygen atoms in total. The van der Waals surface area contributed by atoms with Crippen LogP contribution in [0.2, 0.25) is 0 Å². The van der Waals surface area contributed by atoms with Crippen molar-refractivity contribution in [1.82, 2.24) is 4.90 Å². The molecule has 2 atom stereocenters. The van der Waals surface area contributed by atoms with Crippen molar-refractivity contribution in [1.29, 1.82) is 0 Å². The quantitative estimate of drug-likeness (QED) is 0.743. The molecule has 0 aliphatic rings. The molecule has 0 radical (unpaired) electrons. The third-order valence-corrected chi connectivity index (χ3v) is 5.21. The Bertz CT molecular complexity index is 590. The van der Waals surface area contributed by atoms with Crippen molar-refractivity contribution in [3.05, 3.63) is 29.8 Å². The average molecular weight is 367 g/mol. The lowest BCUT2D eigenvalue weighted by Crippen LogP contribution is -2.53. The molecule has 140 valence electrons. The number of hydrogen-bond donors (Lipinski definition) is 1. The minimum absolute atomic E-state index is 0.0573. The lowest BCUT2D eigenvalue weighted by Gasteiger charge is -2.30. The highest BCUT2D eigenvalue weighted by atomic mass is 32.2. The summed E-state index contributed by atoms with van der Waals surface area (Å²) in [6, 6.07) is 6.98. The molecule has 2 N–H and O–H groups in total. The smallest absolute Gasteiger partial charge is 0.417 e. The Hall–Kier alpha value is -1.53. The lowest BCUT2D eigenvalue weighted by molar-refractivity contribution is -0.133. The van der Waals surface area contributed by atoms with E-state index in [2.05, 4.69) is 0 Å².